The zero-order valence-electron chi connectivity index (χ0n) is 18.3. The predicted molar refractivity (Wildman–Crippen MR) is 121 cm³/mol. The van der Waals surface area contributed by atoms with E-state index in [1.807, 2.05) is 13.0 Å². The maximum Gasteiger partial charge on any atom is 0.387 e. The summed E-state index contributed by atoms with van der Waals surface area (Å²) >= 11 is 6.17. The Morgan fingerprint density at radius 1 is 1.26 bits per heavy atom. The number of pyridine rings is 1. The van der Waals surface area contributed by atoms with Crippen LogP contribution >= 0.6 is 11.6 Å². The fourth-order valence-electron chi connectivity index (χ4n) is 4.01. The molecule has 7 nitrogen and oxygen atoms in total. The largest absolute Gasteiger partial charge is 0.434 e. The molecule has 0 amide bonds. The van der Waals surface area contributed by atoms with Crippen LogP contribution in [0.3, 0.4) is 0 Å². The van der Waals surface area contributed by atoms with Crippen LogP contribution in [0.1, 0.15) is 29.7 Å². The minimum atomic E-state index is -3.09. The summed E-state index contributed by atoms with van der Waals surface area (Å²) in [5, 5.41) is 23.5. The lowest BCUT2D eigenvalue weighted by atomic mass is 9.91. The van der Waals surface area contributed by atoms with E-state index in [2.05, 4.69) is 19.8 Å². The number of rotatable bonds is 8. The van der Waals surface area contributed by atoms with Crippen molar-refractivity contribution in [2.75, 3.05) is 6.61 Å². The number of nitrogens with one attached hydrogen (secondary N) is 1. The molecule has 0 spiro atoms. The second-order valence-corrected chi connectivity index (χ2v) is 8.28. The van der Waals surface area contributed by atoms with Crippen LogP contribution in [0, 0.1) is 12.7 Å². The van der Waals surface area contributed by atoms with Crippen molar-refractivity contribution in [3.05, 3.63) is 64.5 Å². The first-order chi connectivity index (χ1) is 16.2. The second-order valence-electron chi connectivity index (χ2n) is 7.90. The quantitative estimate of drug-likeness (QED) is 0.332. The Morgan fingerprint density at radius 3 is 2.74 bits per heavy atom. The summed E-state index contributed by atoms with van der Waals surface area (Å²) in [7, 11) is 0. The molecule has 0 fully saturated rings. The Morgan fingerprint density at radius 2 is 2.03 bits per heavy atom. The SMILES string of the molecule is Cc1c(-c2cnc3[nH]cc([C@H](C)c4c(OC(F)F)ccc(F)c4Cl)c3c2)cnn1CC(O)CO. The number of benzene rings is 1. The number of ether oxygens (including phenoxy) is 1. The first kappa shape index (κ1) is 24.1. The van der Waals surface area contributed by atoms with Crippen molar-refractivity contribution in [2.45, 2.75) is 39.0 Å². The van der Waals surface area contributed by atoms with Gasteiger partial charge in [-0.05, 0) is 30.7 Å². The van der Waals surface area contributed by atoms with Crippen LogP contribution in [0.4, 0.5) is 13.2 Å². The van der Waals surface area contributed by atoms with Gasteiger partial charge in [0.15, 0.2) is 0 Å². The molecule has 4 aromatic rings. The van der Waals surface area contributed by atoms with Crippen LogP contribution in [0.25, 0.3) is 22.2 Å². The highest BCUT2D eigenvalue weighted by Gasteiger charge is 2.25. The van der Waals surface area contributed by atoms with Crippen LogP contribution in [-0.2, 0) is 6.54 Å². The molecule has 3 aromatic heterocycles. The summed E-state index contributed by atoms with van der Waals surface area (Å²) in [6, 6.07) is 3.98. The minimum Gasteiger partial charge on any atom is -0.434 e. The van der Waals surface area contributed by atoms with Crippen LogP contribution in [0.2, 0.25) is 5.02 Å². The van der Waals surface area contributed by atoms with Crippen LogP contribution < -0.4 is 4.74 Å². The molecule has 34 heavy (non-hydrogen) atoms. The van der Waals surface area contributed by atoms with Gasteiger partial charge in [0, 0.05) is 46.1 Å². The molecule has 0 bridgehead atoms. The van der Waals surface area contributed by atoms with Gasteiger partial charge in [-0.3, -0.25) is 4.68 Å². The number of aromatic amines is 1. The van der Waals surface area contributed by atoms with Crippen LogP contribution in [-0.4, -0.2) is 49.3 Å². The molecule has 0 aliphatic heterocycles. The van der Waals surface area contributed by atoms with Crippen molar-refractivity contribution in [3.63, 3.8) is 0 Å². The Balaban J connectivity index is 1.77. The number of halogens is 4. The van der Waals surface area contributed by atoms with Gasteiger partial charge in [0.05, 0.1) is 30.5 Å². The van der Waals surface area contributed by atoms with Crippen LogP contribution in [0.15, 0.2) is 36.8 Å². The average molecular weight is 495 g/mol. The van der Waals surface area contributed by atoms with Gasteiger partial charge in [0.25, 0.3) is 0 Å². The number of aliphatic hydroxyl groups is 2. The summed E-state index contributed by atoms with van der Waals surface area (Å²) in [6.07, 6.45) is 4.03. The zero-order valence-corrected chi connectivity index (χ0v) is 19.0. The lowest BCUT2D eigenvalue weighted by molar-refractivity contribution is -0.0505. The van der Waals surface area contributed by atoms with E-state index in [-0.39, 0.29) is 29.5 Å². The molecule has 1 unspecified atom stereocenters. The summed E-state index contributed by atoms with van der Waals surface area (Å²) in [5.41, 5.74) is 3.59. The van der Waals surface area contributed by atoms with Gasteiger partial charge in [-0.25, -0.2) is 9.37 Å². The number of aliphatic hydroxyl groups excluding tert-OH is 2. The van der Waals surface area contributed by atoms with E-state index in [0.29, 0.717) is 16.6 Å². The number of hydrogen-bond acceptors (Lipinski definition) is 5. The number of aromatic nitrogens is 4. The highest BCUT2D eigenvalue weighted by Crippen LogP contribution is 2.41. The van der Waals surface area contributed by atoms with Gasteiger partial charge in [-0.15, -0.1) is 0 Å². The van der Waals surface area contributed by atoms with E-state index in [1.54, 1.807) is 30.2 Å². The third kappa shape index (κ3) is 4.48. The Kier molecular flexibility index (Phi) is 6.83. The van der Waals surface area contributed by atoms with E-state index in [9.17, 15) is 18.3 Å². The van der Waals surface area contributed by atoms with Crippen molar-refractivity contribution in [3.8, 4) is 16.9 Å². The van der Waals surface area contributed by atoms with Gasteiger partial charge >= 0.3 is 6.61 Å². The van der Waals surface area contributed by atoms with Crippen molar-refractivity contribution in [2.24, 2.45) is 0 Å². The maximum absolute atomic E-state index is 14.2. The molecule has 0 radical (unpaired) electrons. The fourth-order valence-corrected chi connectivity index (χ4v) is 4.33. The minimum absolute atomic E-state index is 0.107. The summed E-state index contributed by atoms with van der Waals surface area (Å²) in [6.45, 7) is 0.209. The van der Waals surface area contributed by atoms with Gasteiger partial charge in [0.1, 0.15) is 17.2 Å². The lowest BCUT2D eigenvalue weighted by Gasteiger charge is -2.18. The number of hydrogen-bond donors (Lipinski definition) is 3. The zero-order chi connectivity index (χ0) is 24.6. The molecule has 4 rings (SSSR count). The van der Waals surface area contributed by atoms with Gasteiger partial charge < -0.3 is 19.9 Å². The first-order valence-electron chi connectivity index (χ1n) is 10.4. The normalized spacial score (nSPS) is 13.6. The van der Waals surface area contributed by atoms with E-state index in [0.717, 1.165) is 29.0 Å². The lowest BCUT2D eigenvalue weighted by Crippen LogP contribution is -2.21. The Bertz CT molecular complexity index is 1320. The number of alkyl halides is 2. The Labute approximate surface area is 197 Å². The highest BCUT2D eigenvalue weighted by molar-refractivity contribution is 6.31. The van der Waals surface area contributed by atoms with E-state index in [1.165, 1.54) is 0 Å². The molecular weight excluding hydrogens is 473 g/mol. The summed E-state index contributed by atoms with van der Waals surface area (Å²) in [5.74, 6) is -1.55. The third-order valence-electron chi connectivity index (χ3n) is 5.78. The molecule has 0 aliphatic carbocycles. The van der Waals surface area contributed by atoms with Crippen molar-refractivity contribution >= 4 is 22.6 Å². The molecule has 0 saturated carbocycles. The van der Waals surface area contributed by atoms with Gasteiger partial charge in [-0.1, -0.05) is 18.5 Å². The number of H-pyrrole nitrogens is 1. The Hall–Kier alpha value is -3.08. The molecule has 3 heterocycles. The predicted octanol–water partition coefficient (Wildman–Crippen LogP) is 4.63. The maximum atomic E-state index is 14.2. The van der Waals surface area contributed by atoms with E-state index >= 15 is 0 Å². The summed E-state index contributed by atoms with van der Waals surface area (Å²) < 4.78 is 46.3. The standard InChI is InChI=1S/C23H22ClF3N4O3/c1-11(20-19(34-23(26)27)4-3-18(25)21(20)24)16-7-29-22-15(16)5-13(6-28-22)17-8-30-31(12(17)2)9-14(33)10-32/h3-8,11,14,23,32-33H,9-10H2,1-2H3,(H,28,29)/t11-,14?/m0/s1. The fraction of sp³-hybridized carbons (Fsp3) is 0.304. The number of nitrogens with zero attached hydrogens (tertiary/aromatic N) is 3. The molecule has 3 N–H and O–H groups in total. The van der Waals surface area contributed by atoms with Gasteiger partial charge in [-0.2, -0.15) is 13.9 Å². The monoisotopic (exact) mass is 494 g/mol. The third-order valence-corrected chi connectivity index (χ3v) is 6.16. The summed E-state index contributed by atoms with van der Waals surface area (Å²) in [4.78, 5) is 7.50. The average Bonchev–Trinajstić information content (AvgIpc) is 3.38. The molecule has 0 aliphatic rings. The van der Waals surface area contributed by atoms with E-state index in [4.69, 9.17) is 16.7 Å². The molecule has 0 saturated heterocycles. The van der Waals surface area contributed by atoms with Crippen molar-refractivity contribution < 1.29 is 28.1 Å². The highest BCUT2D eigenvalue weighted by atomic mass is 35.5. The number of fused-ring (bicyclic) bond motifs is 1. The topological polar surface area (TPSA) is 96.2 Å². The van der Waals surface area contributed by atoms with Crippen LogP contribution in [0.5, 0.6) is 5.75 Å². The molecule has 180 valence electrons. The molecule has 1 aromatic carbocycles. The van der Waals surface area contributed by atoms with Gasteiger partial charge in [0.2, 0.25) is 0 Å². The molecular formula is C23H22ClF3N4O3. The molecule has 11 heteroatoms. The molecule has 2 atom stereocenters. The smallest absolute Gasteiger partial charge is 0.387 e. The van der Waals surface area contributed by atoms with Crippen molar-refractivity contribution in [1.29, 1.82) is 0 Å². The van der Waals surface area contributed by atoms with Crippen molar-refractivity contribution in [1.82, 2.24) is 19.7 Å². The first-order valence-corrected chi connectivity index (χ1v) is 10.8. The second kappa shape index (κ2) is 9.65. The van der Waals surface area contributed by atoms with E-state index < -0.39 is 24.5 Å².